The minimum atomic E-state index is -3.94. The number of rotatable bonds is 7. The van der Waals surface area contributed by atoms with E-state index in [1.54, 1.807) is 42.5 Å². The van der Waals surface area contributed by atoms with E-state index in [0.29, 0.717) is 19.6 Å². The summed E-state index contributed by atoms with van der Waals surface area (Å²) in [5, 5.41) is 10.7. The van der Waals surface area contributed by atoms with Crippen molar-refractivity contribution < 1.29 is 13.2 Å². The number of nitrogens with one attached hydrogen (secondary N) is 1. The Morgan fingerprint density at radius 3 is 2.57 bits per heavy atom. The maximum atomic E-state index is 13.2. The summed E-state index contributed by atoms with van der Waals surface area (Å²) in [6.45, 7) is -0.401. The van der Waals surface area contributed by atoms with E-state index < -0.39 is 22.5 Å². The highest BCUT2D eigenvalue weighted by Crippen LogP contribution is 2.27. The number of anilines is 2. The van der Waals surface area contributed by atoms with Crippen LogP contribution in [0, 0.1) is 0 Å². The van der Waals surface area contributed by atoms with Gasteiger partial charge in [-0.1, -0.05) is 63.3 Å². The number of halogens is 1. The summed E-state index contributed by atoms with van der Waals surface area (Å²) in [6, 6.07) is 14.8. The molecule has 0 spiro atoms. The number of amides is 1. The molecule has 0 aliphatic heterocycles. The van der Waals surface area contributed by atoms with E-state index in [2.05, 4.69) is 31.4 Å². The molecule has 1 aromatic heterocycles. The minimum absolute atomic E-state index is 0.100. The molecule has 146 valence electrons. The highest BCUT2D eigenvalue weighted by atomic mass is 79.9. The van der Waals surface area contributed by atoms with Crippen molar-refractivity contribution in [2.24, 2.45) is 0 Å². The molecule has 1 heterocycles. The van der Waals surface area contributed by atoms with Crippen LogP contribution in [0.15, 0.2) is 68.3 Å². The van der Waals surface area contributed by atoms with E-state index in [1.165, 1.54) is 35.2 Å². The molecule has 2 aromatic carbocycles. The van der Waals surface area contributed by atoms with Crippen molar-refractivity contribution in [2.75, 3.05) is 22.4 Å². The second-order valence-corrected chi connectivity index (χ2v) is 10.2. The zero-order valence-electron chi connectivity index (χ0n) is 14.6. The van der Waals surface area contributed by atoms with Crippen LogP contribution < -0.4 is 9.62 Å². The second kappa shape index (κ2) is 9.03. The number of carbonyl (C=O) groups is 1. The molecule has 11 heteroatoms. The summed E-state index contributed by atoms with van der Waals surface area (Å²) >= 11 is 5.98. The summed E-state index contributed by atoms with van der Waals surface area (Å²) in [4.78, 5) is 12.7. The van der Waals surface area contributed by atoms with Gasteiger partial charge in [-0.2, -0.15) is 0 Å². The number of benzene rings is 2. The molecule has 0 aliphatic rings. The maximum absolute atomic E-state index is 13.2. The Kier molecular flexibility index (Phi) is 6.70. The molecule has 0 radical (unpaired) electrons. The average Bonchev–Trinajstić information content (AvgIpc) is 3.14. The third kappa shape index (κ3) is 4.90. The molecule has 3 aromatic rings. The molecule has 0 aliphatic carbocycles. The Labute approximate surface area is 179 Å². The molecule has 3 rings (SSSR count). The highest BCUT2D eigenvalue weighted by Gasteiger charge is 2.27. The molecule has 1 amide bonds. The van der Waals surface area contributed by atoms with Gasteiger partial charge in [0.15, 0.2) is 4.34 Å². The highest BCUT2D eigenvalue weighted by molar-refractivity contribution is 9.10. The van der Waals surface area contributed by atoms with Crippen LogP contribution in [0.4, 0.5) is 10.8 Å². The fraction of sp³-hybridized carbons (Fsp3) is 0.118. The minimum Gasteiger partial charge on any atom is -0.299 e. The average molecular weight is 499 g/mol. The molecule has 0 atom stereocenters. The van der Waals surface area contributed by atoms with E-state index >= 15 is 0 Å². The lowest BCUT2D eigenvalue weighted by Gasteiger charge is -2.24. The van der Waals surface area contributed by atoms with Gasteiger partial charge in [0.05, 0.1) is 10.6 Å². The van der Waals surface area contributed by atoms with Crippen LogP contribution in [-0.2, 0) is 14.8 Å². The quantitative estimate of drug-likeness (QED) is 0.392. The normalized spacial score (nSPS) is 11.2. The lowest BCUT2D eigenvalue weighted by Crippen LogP contribution is -2.38. The topological polar surface area (TPSA) is 92.3 Å². The Morgan fingerprint density at radius 2 is 1.93 bits per heavy atom. The molecular formula is C17H15BrN4O3S3. The molecule has 0 saturated heterocycles. The first-order chi connectivity index (χ1) is 13.4. The zero-order chi connectivity index (χ0) is 20.1. The van der Waals surface area contributed by atoms with Crippen LogP contribution in [0.1, 0.15) is 0 Å². The predicted molar refractivity (Wildman–Crippen MR) is 115 cm³/mol. The van der Waals surface area contributed by atoms with Crippen molar-refractivity contribution in [3.63, 3.8) is 0 Å². The molecule has 0 fully saturated rings. The Hall–Kier alpha value is -1.95. The summed E-state index contributed by atoms with van der Waals surface area (Å²) < 4.78 is 28.8. The summed E-state index contributed by atoms with van der Waals surface area (Å²) in [7, 11) is -3.94. The van der Waals surface area contributed by atoms with Gasteiger partial charge in [-0.05, 0) is 36.6 Å². The fourth-order valence-electron chi connectivity index (χ4n) is 2.30. The van der Waals surface area contributed by atoms with Crippen molar-refractivity contribution in [1.29, 1.82) is 0 Å². The molecule has 0 bridgehead atoms. The van der Waals surface area contributed by atoms with Crippen LogP contribution in [0.2, 0.25) is 0 Å². The monoisotopic (exact) mass is 498 g/mol. The number of thioether (sulfide) groups is 1. The van der Waals surface area contributed by atoms with Crippen molar-refractivity contribution in [2.45, 2.75) is 9.24 Å². The van der Waals surface area contributed by atoms with E-state index in [1.807, 2.05) is 6.26 Å². The number of sulfonamides is 1. The molecule has 1 N–H and O–H groups in total. The van der Waals surface area contributed by atoms with Gasteiger partial charge in [0.25, 0.3) is 10.0 Å². The summed E-state index contributed by atoms with van der Waals surface area (Å²) in [5.41, 5.74) is 0.371. The van der Waals surface area contributed by atoms with E-state index in [-0.39, 0.29) is 4.90 Å². The number of carbonyl (C=O) groups excluding carboxylic acids is 1. The Bertz CT molecular complexity index is 1070. The van der Waals surface area contributed by atoms with Crippen LogP contribution in [0.3, 0.4) is 0 Å². The third-order valence-corrected chi connectivity index (χ3v) is 7.64. The van der Waals surface area contributed by atoms with Gasteiger partial charge in [-0.25, -0.2) is 8.42 Å². The van der Waals surface area contributed by atoms with Gasteiger partial charge < -0.3 is 0 Å². The van der Waals surface area contributed by atoms with Crippen LogP contribution >= 0.6 is 39.0 Å². The maximum Gasteiger partial charge on any atom is 0.264 e. The van der Waals surface area contributed by atoms with Gasteiger partial charge in [-0.15, -0.1) is 10.2 Å². The molecule has 28 heavy (non-hydrogen) atoms. The smallest absolute Gasteiger partial charge is 0.264 e. The first kappa shape index (κ1) is 20.8. The Balaban J connectivity index is 1.91. The molecule has 0 saturated carbocycles. The number of hydrogen-bond donors (Lipinski definition) is 1. The van der Waals surface area contributed by atoms with Crippen LogP contribution in [-0.4, -0.2) is 37.3 Å². The SMILES string of the molecule is CSc1nnc(NC(=O)CN(c2cccc(Br)c2)S(=O)(=O)c2ccccc2)s1. The van der Waals surface area contributed by atoms with E-state index in [0.717, 1.165) is 4.31 Å². The van der Waals surface area contributed by atoms with Crippen LogP contribution in [0.5, 0.6) is 0 Å². The first-order valence-corrected chi connectivity index (χ1v) is 12.2. The predicted octanol–water partition coefficient (Wildman–Crippen LogP) is 3.86. The number of aromatic nitrogens is 2. The Morgan fingerprint density at radius 1 is 1.18 bits per heavy atom. The van der Waals surface area contributed by atoms with Crippen LogP contribution in [0.25, 0.3) is 0 Å². The molecular weight excluding hydrogens is 484 g/mol. The fourth-order valence-corrected chi connectivity index (χ4v) is 5.31. The van der Waals surface area contributed by atoms with E-state index in [4.69, 9.17) is 0 Å². The first-order valence-electron chi connectivity index (χ1n) is 7.91. The van der Waals surface area contributed by atoms with Crippen molar-refractivity contribution in [3.05, 3.63) is 59.1 Å². The lowest BCUT2D eigenvalue weighted by molar-refractivity contribution is -0.114. The van der Waals surface area contributed by atoms with E-state index in [9.17, 15) is 13.2 Å². The number of hydrogen-bond acceptors (Lipinski definition) is 7. The lowest BCUT2D eigenvalue weighted by atomic mass is 10.3. The van der Waals surface area contributed by atoms with Gasteiger partial charge in [0, 0.05) is 4.47 Å². The third-order valence-electron chi connectivity index (χ3n) is 3.54. The van der Waals surface area contributed by atoms with Crippen molar-refractivity contribution >= 4 is 65.8 Å². The zero-order valence-corrected chi connectivity index (χ0v) is 18.6. The van der Waals surface area contributed by atoms with Gasteiger partial charge in [0.2, 0.25) is 11.0 Å². The van der Waals surface area contributed by atoms with Crippen molar-refractivity contribution in [1.82, 2.24) is 10.2 Å². The van der Waals surface area contributed by atoms with Gasteiger partial charge in [-0.3, -0.25) is 14.4 Å². The van der Waals surface area contributed by atoms with Gasteiger partial charge >= 0.3 is 0 Å². The second-order valence-electron chi connectivity index (χ2n) is 5.43. The molecule has 7 nitrogen and oxygen atoms in total. The van der Waals surface area contributed by atoms with Crippen molar-refractivity contribution in [3.8, 4) is 0 Å². The largest absolute Gasteiger partial charge is 0.299 e. The summed E-state index contributed by atoms with van der Waals surface area (Å²) in [5.74, 6) is -0.511. The number of nitrogens with zero attached hydrogens (tertiary/aromatic N) is 3. The van der Waals surface area contributed by atoms with Gasteiger partial charge in [0.1, 0.15) is 6.54 Å². The standard InChI is InChI=1S/C17H15BrN4O3S3/c1-26-17-21-20-16(27-17)19-15(23)11-22(13-7-5-6-12(18)10-13)28(24,25)14-8-3-2-4-9-14/h2-10H,11H2,1H3,(H,19,20,23). The summed E-state index contributed by atoms with van der Waals surface area (Å²) in [6.07, 6.45) is 1.85. The molecule has 0 unspecified atom stereocenters.